The van der Waals surface area contributed by atoms with Crippen molar-refractivity contribution in [2.75, 3.05) is 34.0 Å². The maximum Gasteiger partial charge on any atom is 0.295 e. The number of carbonyl (C=O) groups is 2. The Morgan fingerprint density at radius 1 is 1.08 bits per heavy atom. The summed E-state index contributed by atoms with van der Waals surface area (Å²) in [5.74, 6) is 0.215. The zero-order valence-corrected chi connectivity index (χ0v) is 21.9. The summed E-state index contributed by atoms with van der Waals surface area (Å²) in [5, 5.41) is 11.4. The van der Waals surface area contributed by atoms with Crippen LogP contribution >= 0.6 is 0 Å². The lowest BCUT2D eigenvalue weighted by Crippen LogP contribution is -2.32. The normalized spacial score (nSPS) is 20.2. The van der Waals surface area contributed by atoms with Crippen molar-refractivity contribution in [3.63, 3.8) is 0 Å². The fourth-order valence-electron chi connectivity index (χ4n) is 4.88. The third-order valence-corrected chi connectivity index (χ3v) is 6.75. The van der Waals surface area contributed by atoms with Crippen LogP contribution < -0.4 is 14.2 Å². The fraction of sp³-hybridized carbons (Fsp3) is 0.448. The third-order valence-electron chi connectivity index (χ3n) is 6.75. The number of aliphatic hydroxyl groups excluding tert-OH is 1. The Morgan fingerprint density at radius 2 is 1.89 bits per heavy atom. The number of aliphatic hydroxyl groups is 1. The molecule has 1 saturated heterocycles. The molecule has 0 bridgehead atoms. The van der Waals surface area contributed by atoms with Crippen molar-refractivity contribution in [1.29, 1.82) is 0 Å². The van der Waals surface area contributed by atoms with Crippen molar-refractivity contribution in [2.24, 2.45) is 0 Å². The van der Waals surface area contributed by atoms with Crippen molar-refractivity contribution in [3.05, 3.63) is 58.7 Å². The monoisotopic (exact) mass is 509 g/mol. The first-order valence-electron chi connectivity index (χ1n) is 12.8. The number of ether oxygens (including phenoxy) is 4. The second-order valence-corrected chi connectivity index (χ2v) is 9.41. The lowest BCUT2D eigenvalue weighted by atomic mass is 9.94. The Balaban J connectivity index is 1.75. The minimum atomic E-state index is -0.804. The summed E-state index contributed by atoms with van der Waals surface area (Å²) < 4.78 is 22.5. The van der Waals surface area contributed by atoms with Crippen molar-refractivity contribution >= 4 is 17.4 Å². The zero-order valence-electron chi connectivity index (χ0n) is 21.9. The van der Waals surface area contributed by atoms with E-state index in [1.54, 1.807) is 37.4 Å². The molecule has 0 spiro atoms. The average molecular weight is 510 g/mol. The van der Waals surface area contributed by atoms with Crippen LogP contribution in [0.5, 0.6) is 17.2 Å². The maximum absolute atomic E-state index is 13.3. The Labute approximate surface area is 217 Å². The van der Waals surface area contributed by atoms with Crippen molar-refractivity contribution in [2.45, 2.75) is 51.7 Å². The van der Waals surface area contributed by atoms with Crippen LogP contribution in [0, 0.1) is 0 Å². The molecule has 2 aromatic carbocycles. The van der Waals surface area contributed by atoms with Gasteiger partial charge in [0.15, 0.2) is 11.5 Å². The lowest BCUT2D eigenvalue weighted by Gasteiger charge is -2.25. The molecule has 2 atom stereocenters. The van der Waals surface area contributed by atoms with Gasteiger partial charge in [0.1, 0.15) is 17.6 Å². The highest BCUT2D eigenvalue weighted by Gasteiger charge is 2.46. The first-order valence-corrected chi connectivity index (χ1v) is 12.8. The van der Waals surface area contributed by atoms with E-state index in [0.717, 1.165) is 30.6 Å². The lowest BCUT2D eigenvalue weighted by molar-refractivity contribution is -0.140. The molecule has 198 valence electrons. The van der Waals surface area contributed by atoms with E-state index in [1.807, 2.05) is 13.0 Å². The van der Waals surface area contributed by atoms with Gasteiger partial charge in [-0.3, -0.25) is 9.59 Å². The summed E-state index contributed by atoms with van der Waals surface area (Å²) in [6.07, 6.45) is 3.85. The van der Waals surface area contributed by atoms with E-state index >= 15 is 0 Å². The molecule has 37 heavy (non-hydrogen) atoms. The summed E-state index contributed by atoms with van der Waals surface area (Å²) in [7, 11) is 3.08. The number of likely N-dealkylation sites (tertiary alicyclic amines) is 1. The van der Waals surface area contributed by atoms with Crippen LogP contribution in [0.25, 0.3) is 5.76 Å². The first-order chi connectivity index (χ1) is 17.9. The Kier molecular flexibility index (Phi) is 8.38. The number of unbranched alkanes of at least 4 members (excludes halogenated alkanes) is 2. The van der Waals surface area contributed by atoms with E-state index in [1.165, 1.54) is 12.0 Å². The molecule has 4 rings (SSSR count). The quantitative estimate of drug-likeness (QED) is 0.204. The van der Waals surface area contributed by atoms with E-state index < -0.39 is 17.7 Å². The van der Waals surface area contributed by atoms with Crippen molar-refractivity contribution in [3.8, 4) is 17.2 Å². The number of ketones is 1. The Hall–Kier alpha value is -3.52. The number of methoxy groups -OCH3 is 2. The van der Waals surface area contributed by atoms with Crippen LogP contribution in [0.3, 0.4) is 0 Å². The molecule has 8 heteroatoms. The third kappa shape index (κ3) is 5.44. The molecular formula is C29H35NO7. The van der Waals surface area contributed by atoms with Gasteiger partial charge in [-0.15, -0.1) is 0 Å². The second kappa shape index (κ2) is 11.7. The largest absolute Gasteiger partial charge is 0.507 e. The Bertz CT molecular complexity index is 1190. The molecule has 1 amide bonds. The predicted octanol–water partition coefficient (Wildman–Crippen LogP) is 4.66. The molecule has 2 aromatic rings. The minimum Gasteiger partial charge on any atom is -0.507 e. The van der Waals surface area contributed by atoms with E-state index in [2.05, 4.69) is 6.92 Å². The van der Waals surface area contributed by atoms with Gasteiger partial charge in [0.25, 0.3) is 11.7 Å². The topological polar surface area (TPSA) is 94.5 Å². The molecule has 2 heterocycles. The van der Waals surface area contributed by atoms with Crippen LogP contribution in [0.2, 0.25) is 0 Å². The van der Waals surface area contributed by atoms with Crippen molar-refractivity contribution in [1.82, 2.24) is 4.90 Å². The van der Waals surface area contributed by atoms with Gasteiger partial charge in [-0.25, -0.2) is 0 Å². The highest BCUT2D eigenvalue weighted by Crippen LogP contribution is 2.42. The number of amides is 1. The molecule has 0 aliphatic carbocycles. The number of rotatable bonds is 11. The fourth-order valence-corrected chi connectivity index (χ4v) is 4.88. The predicted molar refractivity (Wildman–Crippen MR) is 139 cm³/mol. The molecule has 2 aliphatic heterocycles. The summed E-state index contributed by atoms with van der Waals surface area (Å²) >= 11 is 0. The van der Waals surface area contributed by atoms with Gasteiger partial charge >= 0.3 is 0 Å². The van der Waals surface area contributed by atoms with Gasteiger partial charge in [0, 0.05) is 25.6 Å². The van der Waals surface area contributed by atoms with Gasteiger partial charge in [-0.2, -0.15) is 0 Å². The maximum atomic E-state index is 13.3. The molecule has 0 saturated carbocycles. The van der Waals surface area contributed by atoms with Crippen LogP contribution in [0.4, 0.5) is 0 Å². The number of Topliss-reactive ketones (excluding diaryl/α,β-unsaturated/α-hetero) is 1. The first kappa shape index (κ1) is 26.5. The number of carbonyl (C=O) groups excluding carboxylic acids is 2. The average Bonchev–Trinajstić information content (AvgIpc) is 3.40. The van der Waals surface area contributed by atoms with E-state index in [4.69, 9.17) is 18.9 Å². The molecular weight excluding hydrogens is 474 g/mol. The number of hydrogen-bond donors (Lipinski definition) is 1. The molecule has 2 unspecified atom stereocenters. The Morgan fingerprint density at radius 3 is 2.62 bits per heavy atom. The summed E-state index contributed by atoms with van der Waals surface area (Å²) in [5.41, 5.74) is 2.08. The standard InChI is InChI=1S/C29H35NO7/c1-5-6-7-13-36-23-11-8-19(17-24(23)35-4)26-25(28(32)29(33)30(26)12-14-34-3)27(31)20-9-10-22-21(16-20)15-18(2)37-22/h8-11,16-18,26,31H,5-7,12-15H2,1-4H3. The van der Waals surface area contributed by atoms with E-state index in [9.17, 15) is 14.7 Å². The highest BCUT2D eigenvalue weighted by molar-refractivity contribution is 6.46. The van der Waals surface area contributed by atoms with Crippen LogP contribution in [0.15, 0.2) is 42.0 Å². The SMILES string of the molecule is CCCCCOc1ccc(C2C(=C(O)c3ccc4c(c3)CC(C)O4)C(=O)C(=O)N2CCOC)cc1OC. The molecule has 8 nitrogen and oxygen atoms in total. The second-order valence-electron chi connectivity index (χ2n) is 9.41. The molecule has 1 N–H and O–H groups in total. The van der Waals surface area contributed by atoms with Gasteiger partial charge in [-0.05, 0) is 54.8 Å². The molecule has 0 radical (unpaired) electrons. The number of nitrogens with zero attached hydrogens (tertiary/aromatic N) is 1. The van der Waals surface area contributed by atoms with E-state index in [-0.39, 0.29) is 30.6 Å². The molecule has 2 aliphatic rings. The van der Waals surface area contributed by atoms with Gasteiger partial charge in [0.05, 0.1) is 31.9 Å². The zero-order chi connectivity index (χ0) is 26.5. The smallest absolute Gasteiger partial charge is 0.295 e. The van der Waals surface area contributed by atoms with Gasteiger partial charge < -0.3 is 29.0 Å². The number of benzene rings is 2. The minimum absolute atomic E-state index is 0.0340. The van der Waals surface area contributed by atoms with Crippen molar-refractivity contribution < 1.29 is 33.6 Å². The van der Waals surface area contributed by atoms with Gasteiger partial charge in [-0.1, -0.05) is 25.8 Å². The van der Waals surface area contributed by atoms with E-state index in [0.29, 0.717) is 35.7 Å². The number of fused-ring (bicyclic) bond motifs is 1. The summed E-state index contributed by atoms with van der Waals surface area (Å²) in [6, 6.07) is 9.86. The highest BCUT2D eigenvalue weighted by atomic mass is 16.5. The van der Waals surface area contributed by atoms with Crippen LogP contribution in [-0.2, 0) is 20.7 Å². The summed E-state index contributed by atoms with van der Waals surface area (Å²) in [4.78, 5) is 27.8. The summed E-state index contributed by atoms with van der Waals surface area (Å²) in [6.45, 7) is 5.11. The van der Waals surface area contributed by atoms with Crippen LogP contribution in [-0.4, -0.2) is 61.8 Å². The molecule has 0 aromatic heterocycles. The van der Waals surface area contributed by atoms with Crippen LogP contribution in [0.1, 0.15) is 55.8 Å². The number of hydrogen-bond acceptors (Lipinski definition) is 7. The van der Waals surface area contributed by atoms with Gasteiger partial charge in [0.2, 0.25) is 0 Å². The molecule has 1 fully saturated rings.